The van der Waals surface area contributed by atoms with Gasteiger partial charge in [-0.3, -0.25) is 0 Å². The number of fused-ring (bicyclic) bond motifs is 1. The zero-order valence-corrected chi connectivity index (χ0v) is 8.79. The SMILES string of the molecule is CCc1ccc2c(c1F)CCS(=O)N2. The van der Waals surface area contributed by atoms with Crippen LogP contribution >= 0.6 is 0 Å². The molecule has 0 aromatic heterocycles. The number of rotatable bonds is 1. The van der Waals surface area contributed by atoms with E-state index in [1.807, 2.05) is 13.0 Å². The predicted molar refractivity (Wildman–Crippen MR) is 56.1 cm³/mol. The maximum Gasteiger partial charge on any atom is 0.131 e. The second-order valence-electron chi connectivity index (χ2n) is 3.32. The quantitative estimate of drug-likeness (QED) is 0.759. The zero-order valence-electron chi connectivity index (χ0n) is 7.97. The van der Waals surface area contributed by atoms with Crippen molar-refractivity contribution in [1.82, 2.24) is 0 Å². The Hall–Kier alpha value is -0.900. The topological polar surface area (TPSA) is 29.1 Å². The van der Waals surface area contributed by atoms with E-state index in [2.05, 4.69) is 4.72 Å². The van der Waals surface area contributed by atoms with Gasteiger partial charge < -0.3 is 4.72 Å². The molecule has 1 atom stereocenters. The van der Waals surface area contributed by atoms with Crippen molar-refractivity contribution in [1.29, 1.82) is 0 Å². The van der Waals surface area contributed by atoms with Gasteiger partial charge in [-0.25, -0.2) is 8.60 Å². The molecule has 0 saturated heterocycles. The molecule has 1 aromatic rings. The highest BCUT2D eigenvalue weighted by molar-refractivity contribution is 7.86. The Bertz CT molecular complexity index is 392. The first-order chi connectivity index (χ1) is 6.72. The van der Waals surface area contributed by atoms with Gasteiger partial charge in [0.05, 0.1) is 5.69 Å². The highest BCUT2D eigenvalue weighted by atomic mass is 32.2. The highest BCUT2D eigenvalue weighted by Gasteiger charge is 2.18. The minimum Gasteiger partial charge on any atom is -0.305 e. The Balaban J connectivity index is 2.48. The smallest absolute Gasteiger partial charge is 0.131 e. The Labute approximate surface area is 85.1 Å². The molecule has 1 heterocycles. The number of halogens is 1. The van der Waals surface area contributed by atoms with Crippen molar-refractivity contribution >= 4 is 16.7 Å². The summed E-state index contributed by atoms with van der Waals surface area (Å²) in [6, 6.07) is 3.57. The molecule has 0 bridgehead atoms. The van der Waals surface area contributed by atoms with E-state index in [9.17, 15) is 8.60 Å². The van der Waals surface area contributed by atoms with E-state index in [0.717, 1.165) is 5.56 Å². The van der Waals surface area contributed by atoms with Gasteiger partial charge in [0.15, 0.2) is 0 Å². The lowest BCUT2D eigenvalue weighted by atomic mass is 10.0. The largest absolute Gasteiger partial charge is 0.305 e. The molecular formula is C10H12FNOS. The average molecular weight is 213 g/mol. The van der Waals surface area contributed by atoms with E-state index in [1.54, 1.807) is 6.07 Å². The van der Waals surface area contributed by atoms with Gasteiger partial charge in [0.25, 0.3) is 0 Å². The Morgan fingerprint density at radius 3 is 3.07 bits per heavy atom. The molecule has 0 amide bonds. The van der Waals surface area contributed by atoms with E-state index >= 15 is 0 Å². The maximum absolute atomic E-state index is 13.7. The van der Waals surface area contributed by atoms with Gasteiger partial charge >= 0.3 is 0 Å². The molecular weight excluding hydrogens is 201 g/mol. The van der Waals surface area contributed by atoms with Crippen LogP contribution < -0.4 is 4.72 Å². The van der Waals surface area contributed by atoms with Crippen LogP contribution in [0.5, 0.6) is 0 Å². The molecule has 1 aliphatic rings. The molecule has 2 rings (SSSR count). The molecule has 1 N–H and O–H groups in total. The number of aryl methyl sites for hydroxylation is 1. The number of hydrogen-bond acceptors (Lipinski definition) is 1. The third kappa shape index (κ3) is 1.54. The molecule has 4 heteroatoms. The first-order valence-electron chi connectivity index (χ1n) is 4.67. The Morgan fingerprint density at radius 1 is 1.57 bits per heavy atom. The third-order valence-electron chi connectivity index (χ3n) is 2.47. The van der Waals surface area contributed by atoms with Gasteiger partial charge in [0.1, 0.15) is 16.8 Å². The van der Waals surface area contributed by atoms with Crippen molar-refractivity contribution < 1.29 is 8.60 Å². The standard InChI is InChI=1S/C10H12FNOS/c1-2-7-3-4-9-8(10(7)11)5-6-14(13)12-9/h3-4,12H,2,5-6H2,1H3. The fraction of sp³-hybridized carbons (Fsp3) is 0.400. The van der Waals surface area contributed by atoms with Crippen LogP contribution in [-0.2, 0) is 23.8 Å². The molecule has 0 fully saturated rings. The van der Waals surface area contributed by atoms with Crippen LogP contribution in [0.15, 0.2) is 12.1 Å². The van der Waals surface area contributed by atoms with E-state index < -0.39 is 11.0 Å². The van der Waals surface area contributed by atoms with Gasteiger partial charge in [-0.1, -0.05) is 13.0 Å². The molecule has 14 heavy (non-hydrogen) atoms. The van der Waals surface area contributed by atoms with Crippen LogP contribution in [0.3, 0.4) is 0 Å². The summed E-state index contributed by atoms with van der Waals surface area (Å²) in [5.41, 5.74) is 2.10. The lowest BCUT2D eigenvalue weighted by Crippen LogP contribution is -2.19. The van der Waals surface area contributed by atoms with Gasteiger partial charge in [0, 0.05) is 11.3 Å². The summed E-state index contributed by atoms with van der Waals surface area (Å²) in [7, 11) is -1.04. The minimum atomic E-state index is -1.04. The predicted octanol–water partition coefficient (Wildman–Crippen LogP) is 2.02. The fourth-order valence-electron chi connectivity index (χ4n) is 1.65. The number of anilines is 1. The number of nitrogens with one attached hydrogen (secondary N) is 1. The molecule has 2 nitrogen and oxygen atoms in total. The van der Waals surface area contributed by atoms with E-state index in [0.29, 0.717) is 29.8 Å². The average Bonchev–Trinajstić information content (AvgIpc) is 2.18. The van der Waals surface area contributed by atoms with Crippen molar-refractivity contribution in [2.45, 2.75) is 19.8 Å². The van der Waals surface area contributed by atoms with Crippen LogP contribution in [0.2, 0.25) is 0 Å². The van der Waals surface area contributed by atoms with Crippen LogP contribution in [0, 0.1) is 5.82 Å². The van der Waals surface area contributed by atoms with Crippen LogP contribution in [-0.4, -0.2) is 9.96 Å². The summed E-state index contributed by atoms with van der Waals surface area (Å²) >= 11 is 0. The first kappa shape index (κ1) is 9.65. The van der Waals surface area contributed by atoms with Crippen molar-refractivity contribution in [2.24, 2.45) is 0 Å². The Morgan fingerprint density at radius 2 is 2.36 bits per heavy atom. The van der Waals surface area contributed by atoms with Crippen molar-refractivity contribution in [2.75, 3.05) is 10.5 Å². The number of benzene rings is 1. The van der Waals surface area contributed by atoms with Crippen LogP contribution in [0.25, 0.3) is 0 Å². The lowest BCUT2D eigenvalue weighted by molar-refractivity contribution is 0.597. The normalized spacial score (nSPS) is 20.0. The zero-order chi connectivity index (χ0) is 10.1. The molecule has 0 aliphatic carbocycles. The second kappa shape index (κ2) is 3.69. The van der Waals surface area contributed by atoms with Gasteiger partial charge in [-0.2, -0.15) is 0 Å². The molecule has 0 radical (unpaired) electrons. The van der Waals surface area contributed by atoms with Crippen LogP contribution in [0.4, 0.5) is 10.1 Å². The summed E-state index contributed by atoms with van der Waals surface area (Å²) in [6.45, 7) is 1.93. The molecule has 1 aromatic carbocycles. The van der Waals surface area contributed by atoms with Crippen molar-refractivity contribution in [3.05, 3.63) is 29.1 Å². The lowest BCUT2D eigenvalue weighted by Gasteiger charge is -2.18. The highest BCUT2D eigenvalue weighted by Crippen LogP contribution is 2.26. The monoisotopic (exact) mass is 213 g/mol. The summed E-state index contributed by atoms with van der Waals surface area (Å²) < 4.78 is 27.7. The number of hydrogen-bond donors (Lipinski definition) is 1. The van der Waals surface area contributed by atoms with E-state index in [1.165, 1.54) is 0 Å². The van der Waals surface area contributed by atoms with Gasteiger partial charge in [-0.05, 0) is 24.5 Å². The molecule has 0 saturated carbocycles. The van der Waals surface area contributed by atoms with E-state index in [4.69, 9.17) is 0 Å². The molecule has 0 spiro atoms. The first-order valence-corrected chi connectivity index (χ1v) is 5.99. The van der Waals surface area contributed by atoms with Gasteiger partial charge in [0.2, 0.25) is 0 Å². The second-order valence-corrected chi connectivity index (χ2v) is 4.62. The van der Waals surface area contributed by atoms with Crippen LogP contribution in [0.1, 0.15) is 18.1 Å². The summed E-state index contributed by atoms with van der Waals surface area (Å²) in [4.78, 5) is 0. The third-order valence-corrected chi connectivity index (χ3v) is 3.49. The van der Waals surface area contributed by atoms with Crippen molar-refractivity contribution in [3.8, 4) is 0 Å². The summed E-state index contributed by atoms with van der Waals surface area (Å²) in [5.74, 6) is 0.367. The van der Waals surface area contributed by atoms with Crippen molar-refractivity contribution in [3.63, 3.8) is 0 Å². The molecule has 1 aliphatic heterocycles. The fourth-order valence-corrected chi connectivity index (χ4v) is 2.58. The summed E-state index contributed by atoms with van der Waals surface area (Å²) in [5, 5.41) is 0. The van der Waals surface area contributed by atoms with E-state index in [-0.39, 0.29) is 5.82 Å². The maximum atomic E-state index is 13.7. The molecule has 1 unspecified atom stereocenters. The Kier molecular flexibility index (Phi) is 2.54. The van der Waals surface area contributed by atoms with Gasteiger partial charge in [-0.15, -0.1) is 0 Å². The molecule has 76 valence electrons. The summed E-state index contributed by atoms with van der Waals surface area (Å²) in [6.07, 6.45) is 1.26. The minimum absolute atomic E-state index is 0.130.